The van der Waals surface area contributed by atoms with Crippen LogP contribution in [0.5, 0.6) is 11.5 Å². The zero-order valence-electron chi connectivity index (χ0n) is 20.4. The molecule has 0 fully saturated rings. The van der Waals surface area contributed by atoms with Gasteiger partial charge in [-0.05, 0) is 65.2 Å². The van der Waals surface area contributed by atoms with Gasteiger partial charge < -0.3 is 14.2 Å². The molecule has 0 spiro atoms. The van der Waals surface area contributed by atoms with Crippen LogP contribution in [0.2, 0.25) is 5.02 Å². The lowest BCUT2D eigenvalue weighted by Gasteiger charge is -2.25. The first-order valence-corrected chi connectivity index (χ1v) is 13.3. The number of hydrogen-bond acceptors (Lipinski definition) is 7. The van der Waals surface area contributed by atoms with Crippen LogP contribution < -0.4 is 24.4 Å². The zero-order valence-corrected chi connectivity index (χ0v) is 23.6. The van der Waals surface area contributed by atoms with Gasteiger partial charge in [-0.25, -0.2) is 9.79 Å². The molecule has 0 radical (unpaired) electrons. The Balaban J connectivity index is 1.92. The van der Waals surface area contributed by atoms with Crippen LogP contribution in [-0.4, -0.2) is 30.9 Å². The number of carbonyl (C=O) groups is 1. The highest BCUT2D eigenvalue weighted by Crippen LogP contribution is 2.37. The van der Waals surface area contributed by atoms with E-state index in [0.717, 1.165) is 5.56 Å². The molecule has 0 saturated heterocycles. The molecule has 1 atom stereocenters. The van der Waals surface area contributed by atoms with Crippen molar-refractivity contribution in [2.75, 3.05) is 20.3 Å². The van der Waals surface area contributed by atoms with Crippen molar-refractivity contribution in [1.82, 2.24) is 4.57 Å². The predicted octanol–water partition coefficient (Wildman–Crippen LogP) is 4.79. The smallest absolute Gasteiger partial charge is 0.338 e. The lowest BCUT2D eigenvalue weighted by atomic mass is 9.96. The van der Waals surface area contributed by atoms with Crippen LogP contribution in [0, 0.1) is 0 Å². The van der Waals surface area contributed by atoms with E-state index in [-0.39, 0.29) is 17.7 Å². The molecule has 1 aliphatic heterocycles. The van der Waals surface area contributed by atoms with Gasteiger partial charge in [0.2, 0.25) is 0 Å². The lowest BCUT2D eigenvalue weighted by molar-refractivity contribution is -0.139. The Bertz CT molecular complexity index is 1590. The third-order valence-electron chi connectivity index (χ3n) is 5.61. The van der Waals surface area contributed by atoms with Crippen molar-refractivity contribution < 1.29 is 19.0 Å². The molecule has 0 aliphatic carbocycles. The van der Waals surface area contributed by atoms with E-state index in [1.165, 1.54) is 15.9 Å². The van der Waals surface area contributed by atoms with Crippen molar-refractivity contribution in [3.05, 3.63) is 101 Å². The summed E-state index contributed by atoms with van der Waals surface area (Å²) in [6.45, 7) is 7.64. The highest BCUT2D eigenvalue weighted by atomic mass is 79.9. The van der Waals surface area contributed by atoms with Gasteiger partial charge in [-0.2, -0.15) is 0 Å². The van der Waals surface area contributed by atoms with E-state index in [4.69, 9.17) is 25.8 Å². The minimum Gasteiger partial charge on any atom is -0.493 e. The number of benzene rings is 2. The Morgan fingerprint density at radius 3 is 2.76 bits per heavy atom. The SMILES string of the molecule is C=CCOc1c(Br)cc(/C=c2\sc3n(c2=O)[C@@H](c2ccccc2Cl)C(C(=O)OCC)=C(C)N=3)cc1OC. The molecule has 1 aromatic heterocycles. The van der Waals surface area contributed by atoms with E-state index in [1.807, 2.05) is 12.1 Å². The van der Waals surface area contributed by atoms with Crippen molar-refractivity contribution in [3.63, 3.8) is 0 Å². The Morgan fingerprint density at radius 1 is 1.32 bits per heavy atom. The minimum absolute atomic E-state index is 0.193. The fourth-order valence-corrected chi connectivity index (χ4v) is 5.90. The number of fused-ring (bicyclic) bond motifs is 1. The van der Waals surface area contributed by atoms with E-state index < -0.39 is 12.0 Å². The zero-order chi connectivity index (χ0) is 26.7. The largest absolute Gasteiger partial charge is 0.493 e. The first-order chi connectivity index (χ1) is 17.8. The molecule has 1 aliphatic rings. The van der Waals surface area contributed by atoms with Crippen LogP contribution in [0.15, 0.2) is 74.6 Å². The number of allylic oxidation sites excluding steroid dienone is 1. The standard InChI is InChI=1S/C27H24BrClN2O5S/c1-5-11-36-24-18(28)12-16(13-20(24)34-4)14-21-25(32)31-23(17-9-7-8-10-19(17)29)22(26(33)35-6-2)15(3)30-27(31)37-21/h5,7-10,12-14,23H,1,6,11H2,2-4H3/b21-14-/t23-/m0/s1. The van der Waals surface area contributed by atoms with Crippen molar-refractivity contribution in [2.45, 2.75) is 19.9 Å². The summed E-state index contributed by atoms with van der Waals surface area (Å²) in [6, 6.07) is 9.97. The van der Waals surface area contributed by atoms with Gasteiger partial charge in [0.25, 0.3) is 5.56 Å². The first kappa shape index (κ1) is 26.9. The van der Waals surface area contributed by atoms with Gasteiger partial charge in [0, 0.05) is 5.02 Å². The maximum Gasteiger partial charge on any atom is 0.338 e. The number of thiazole rings is 1. The molecule has 192 valence electrons. The van der Waals surface area contributed by atoms with E-state index in [9.17, 15) is 9.59 Å². The molecule has 0 unspecified atom stereocenters. The molecule has 0 amide bonds. The summed E-state index contributed by atoms with van der Waals surface area (Å²) in [5.41, 5.74) is 1.79. The summed E-state index contributed by atoms with van der Waals surface area (Å²) in [7, 11) is 1.55. The summed E-state index contributed by atoms with van der Waals surface area (Å²) in [6.07, 6.45) is 3.39. The van der Waals surface area contributed by atoms with Crippen LogP contribution in [0.4, 0.5) is 0 Å². The van der Waals surface area contributed by atoms with Crippen molar-refractivity contribution in [2.24, 2.45) is 4.99 Å². The molecule has 2 heterocycles. The van der Waals surface area contributed by atoms with Gasteiger partial charge in [-0.15, -0.1) is 0 Å². The molecule has 4 rings (SSSR count). The van der Waals surface area contributed by atoms with Crippen LogP contribution >= 0.6 is 38.9 Å². The quantitative estimate of drug-likeness (QED) is 0.273. The Kier molecular flexibility index (Phi) is 8.36. The van der Waals surface area contributed by atoms with Gasteiger partial charge in [0.1, 0.15) is 12.6 Å². The van der Waals surface area contributed by atoms with Crippen LogP contribution in [0.3, 0.4) is 0 Å². The van der Waals surface area contributed by atoms with Crippen molar-refractivity contribution in [3.8, 4) is 11.5 Å². The van der Waals surface area contributed by atoms with E-state index >= 15 is 0 Å². The third kappa shape index (κ3) is 5.30. The Morgan fingerprint density at radius 2 is 2.08 bits per heavy atom. The maximum absolute atomic E-state index is 13.8. The van der Waals surface area contributed by atoms with Gasteiger partial charge >= 0.3 is 5.97 Å². The number of halogens is 2. The number of ether oxygens (including phenoxy) is 3. The number of aromatic nitrogens is 1. The number of methoxy groups -OCH3 is 1. The molecular formula is C27H24BrClN2O5S. The van der Waals surface area contributed by atoms with E-state index in [0.29, 0.717) is 48.2 Å². The summed E-state index contributed by atoms with van der Waals surface area (Å²) >= 11 is 11.3. The molecular weight excluding hydrogens is 580 g/mol. The number of esters is 1. The monoisotopic (exact) mass is 602 g/mol. The summed E-state index contributed by atoms with van der Waals surface area (Å²) in [5, 5.41) is 0.433. The maximum atomic E-state index is 13.8. The predicted molar refractivity (Wildman–Crippen MR) is 148 cm³/mol. The fraction of sp³-hybridized carbons (Fsp3) is 0.222. The minimum atomic E-state index is -0.776. The second-order valence-corrected chi connectivity index (χ2v) is 10.2. The van der Waals surface area contributed by atoms with Crippen LogP contribution in [0.25, 0.3) is 6.08 Å². The average Bonchev–Trinajstić information content (AvgIpc) is 3.17. The van der Waals surface area contributed by atoms with Gasteiger partial charge in [0.05, 0.1) is 34.0 Å². The number of nitrogens with zero attached hydrogens (tertiary/aromatic N) is 2. The molecule has 3 aromatic rings. The van der Waals surface area contributed by atoms with Gasteiger partial charge in [-0.1, -0.05) is 53.8 Å². The number of carbonyl (C=O) groups excluding carboxylic acids is 1. The molecule has 0 saturated carbocycles. The molecule has 0 bridgehead atoms. The number of hydrogen-bond donors (Lipinski definition) is 0. The highest BCUT2D eigenvalue weighted by Gasteiger charge is 2.34. The average molecular weight is 604 g/mol. The molecule has 10 heteroatoms. The van der Waals surface area contributed by atoms with Crippen molar-refractivity contribution >= 4 is 50.9 Å². The summed E-state index contributed by atoms with van der Waals surface area (Å²) in [4.78, 5) is 31.8. The van der Waals surface area contributed by atoms with E-state index in [2.05, 4.69) is 27.5 Å². The topological polar surface area (TPSA) is 79.1 Å². The molecule has 37 heavy (non-hydrogen) atoms. The van der Waals surface area contributed by atoms with Gasteiger partial charge in [0.15, 0.2) is 16.3 Å². The normalized spacial score (nSPS) is 15.2. The van der Waals surface area contributed by atoms with Crippen LogP contribution in [0.1, 0.15) is 31.0 Å². The second kappa shape index (κ2) is 11.5. The second-order valence-electron chi connectivity index (χ2n) is 7.96. The first-order valence-electron chi connectivity index (χ1n) is 11.4. The molecule has 7 nitrogen and oxygen atoms in total. The fourth-order valence-electron chi connectivity index (χ4n) is 4.04. The third-order valence-corrected chi connectivity index (χ3v) is 7.53. The summed E-state index contributed by atoms with van der Waals surface area (Å²) < 4.78 is 19.1. The lowest BCUT2D eigenvalue weighted by Crippen LogP contribution is -2.40. The Labute approximate surface area is 231 Å². The van der Waals surface area contributed by atoms with Crippen molar-refractivity contribution in [1.29, 1.82) is 0 Å². The Hall–Kier alpha value is -3.14. The van der Waals surface area contributed by atoms with Gasteiger partial charge in [-0.3, -0.25) is 9.36 Å². The number of rotatable bonds is 8. The highest BCUT2D eigenvalue weighted by molar-refractivity contribution is 9.10. The molecule has 2 aromatic carbocycles. The van der Waals surface area contributed by atoms with Crippen LogP contribution in [-0.2, 0) is 9.53 Å². The van der Waals surface area contributed by atoms with E-state index in [1.54, 1.807) is 57.4 Å². The molecule has 0 N–H and O–H groups in total. The summed E-state index contributed by atoms with van der Waals surface area (Å²) in [5.74, 6) is 0.505.